The molecule has 2 aromatic heterocycles. The largest absolute Gasteiger partial charge is 0.368 e. The van der Waals surface area contributed by atoms with Gasteiger partial charge in [0.25, 0.3) is 5.91 Å². The average Bonchev–Trinajstić information content (AvgIpc) is 3.53. The first-order valence-corrected chi connectivity index (χ1v) is 16.3. The van der Waals surface area contributed by atoms with E-state index in [0.29, 0.717) is 45.0 Å². The lowest BCUT2D eigenvalue weighted by Crippen LogP contribution is -2.66. The van der Waals surface area contributed by atoms with Crippen molar-refractivity contribution in [3.05, 3.63) is 88.2 Å². The van der Waals surface area contributed by atoms with E-state index < -0.39 is 18.1 Å². The molecule has 0 saturated carbocycles. The number of nitrogens with one attached hydrogen (secondary N) is 1. The predicted octanol–water partition coefficient (Wildman–Crippen LogP) is 5.86. The van der Waals surface area contributed by atoms with Gasteiger partial charge in [0.15, 0.2) is 6.23 Å². The highest BCUT2D eigenvalue weighted by Gasteiger charge is 2.51. The number of amides is 2. The molecule has 3 aliphatic heterocycles. The van der Waals surface area contributed by atoms with Gasteiger partial charge in [0.05, 0.1) is 51.7 Å². The lowest BCUT2D eigenvalue weighted by atomic mass is 9.88. The molecule has 0 bridgehead atoms. The first kappa shape index (κ1) is 31.8. The van der Waals surface area contributed by atoms with Crippen molar-refractivity contribution in [2.24, 2.45) is 0 Å². The Kier molecular flexibility index (Phi) is 7.60. The minimum Gasteiger partial charge on any atom is -0.368 e. The van der Waals surface area contributed by atoms with Gasteiger partial charge < -0.3 is 24.7 Å². The molecule has 48 heavy (non-hydrogen) atoms. The number of carbonyl (C=O) groups is 2. The molecular weight excluding hydrogens is 633 g/mol. The molecule has 3 unspecified atom stereocenters. The van der Waals surface area contributed by atoms with Crippen molar-refractivity contribution in [1.82, 2.24) is 29.9 Å². The van der Waals surface area contributed by atoms with Crippen LogP contribution in [0.5, 0.6) is 0 Å². The molecule has 2 aromatic carbocycles. The number of aromatic amines is 1. The molecule has 2 amide bonds. The van der Waals surface area contributed by atoms with Gasteiger partial charge in [0.2, 0.25) is 5.91 Å². The number of aliphatic hydroxyl groups is 1. The van der Waals surface area contributed by atoms with E-state index in [1.807, 2.05) is 57.7 Å². The Hall–Kier alpha value is -4.74. The number of hydrogen-bond acceptors (Lipinski definition) is 7. The maximum atomic E-state index is 16.9. The topological polar surface area (TPSA) is 109 Å². The minimum atomic E-state index is -1.40. The number of aryl methyl sites for hydroxylation is 2. The van der Waals surface area contributed by atoms with E-state index in [9.17, 15) is 14.7 Å². The number of benzene rings is 2. The van der Waals surface area contributed by atoms with Crippen LogP contribution >= 0.6 is 11.6 Å². The van der Waals surface area contributed by atoms with E-state index in [0.717, 1.165) is 16.6 Å². The number of halogens is 2. The van der Waals surface area contributed by atoms with Crippen LogP contribution in [0.15, 0.2) is 55.0 Å². The fourth-order valence-corrected chi connectivity index (χ4v) is 7.97. The fourth-order valence-electron chi connectivity index (χ4n) is 7.59. The highest BCUT2D eigenvalue weighted by molar-refractivity contribution is 6.37. The summed E-state index contributed by atoms with van der Waals surface area (Å²) in [6, 6.07) is 6.02. The smallest absolute Gasteiger partial charge is 0.251 e. The van der Waals surface area contributed by atoms with Crippen LogP contribution in [0.2, 0.25) is 5.02 Å². The summed E-state index contributed by atoms with van der Waals surface area (Å²) in [5.41, 5.74) is 6.09. The van der Waals surface area contributed by atoms with Crippen LogP contribution in [-0.2, 0) is 9.59 Å². The third-order valence-corrected chi connectivity index (χ3v) is 10.3. The number of aliphatic hydroxyl groups excluding tert-OH is 1. The van der Waals surface area contributed by atoms with Gasteiger partial charge in [-0.25, -0.2) is 4.39 Å². The molecular formula is C36H37ClFN7O3. The van der Waals surface area contributed by atoms with Crippen LogP contribution in [0.4, 0.5) is 15.8 Å². The highest BCUT2D eigenvalue weighted by atomic mass is 35.5. The summed E-state index contributed by atoms with van der Waals surface area (Å²) < 4.78 is 16.9. The third-order valence-electron chi connectivity index (χ3n) is 9.91. The standard InChI is InChI=1S/C36H37ClFN7O3/c1-8-26(46)43-16-25-35(47)42(7)34-33(44(25)15-20(43)6)21-13-23(38)28(27-18(4)9-10-24-22(27)14-40-41-24)29(37)32(21)45(36(34)48)31-19(5)11-12-39-30(31)17(2)3/h8-14,17,20,25,36,48H,1,15-16H2,2-7H3,(H,40,41). The summed E-state index contributed by atoms with van der Waals surface area (Å²) in [4.78, 5) is 38.2. The van der Waals surface area contributed by atoms with Crippen molar-refractivity contribution in [3.63, 3.8) is 0 Å². The average molecular weight is 670 g/mol. The van der Waals surface area contributed by atoms with Crippen molar-refractivity contribution in [2.45, 2.75) is 58.8 Å². The van der Waals surface area contributed by atoms with E-state index in [4.69, 9.17) is 16.6 Å². The van der Waals surface area contributed by atoms with Gasteiger partial charge in [0, 0.05) is 47.9 Å². The van der Waals surface area contributed by atoms with E-state index >= 15 is 4.39 Å². The van der Waals surface area contributed by atoms with E-state index in [-0.39, 0.29) is 47.4 Å². The molecule has 1 saturated heterocycles. The normalized spacial score (nSPS) is 20.8. The summed E-state index contributed by atoms with van der Waals surface area (Å²) in [5.74, 6) is -1.17. The van der Waals surface area contributed by atoms with Crippen molar-refractivity contribution in [2.75, 3.05) is 25.0 Å². The second-order valence-corrected chi connectivity index (χ2v) is 13.5. The number of hydrogen-bond donors (Lipinski definition) is 2. The van der Waals surface area contributed by atoms with E-state index in [1.165, 1.54) is 17.0 Å². The molecule has 5 heterocycles. The number of carbonyl (C=O) groups excluding carboxylic acids is 2. The number of nitrogens with zero attached hydrogens (tertiary/aromatic N) is 6. The van der Waals surface area contributed by atoms with Crippen LogP contribution in [0.3, 0.4) is 0 Å². The summed E-state index contributed by atoms with van der Waals surface area (Å²) in [5, 5.41) is 20.5. The number of fused-ring (bicyclic) bond motifs is 5. The molecule has 3 aliphatic rings. The number of rotatable bonds is 4. The first-order valence-electron chi connectivity index (χ1n) is 16.0. The molecule has 1 fully saturated rings. The zero-order valence-electron chi connectivity index (χ0n) is 27.7. The van der Waals surface area contributed by atoms with Crippen LogP contribution in [0.25, 0.3) is 27.7 Å². The number of pyridine rings is 1. The summed E-state index contributed by atoms with van der Waals surface area (Å²) >= 11 is 7.45. The Morgan fingerprint density at radius 3 is 2.62 bits per heavy atom. The Balaban J connectivity index is 1.56. The third kappa shape index (κ3) is 4.47. The van der Waals surface area contributed by atoms with E-state index in [2.05, 4.69) is 16.8 Å². The number of H-pyrrole nitrogens is 1. The molecule has 3 atom stereocenters. The van der Waals surface area contributed by atoms with Crippen LogP contribution in [-0.4, -0.2) is 85.3 Å². The predicted molar refractivity (Wildman–Crippen MR) is 184 cm³/mol. The molecule has 248 valence electrons. The van der Waals surface area contributed by atoms with Crippen molar-refractivity contribution >= 4 is 51.4 Å². The molecule has 7 rings (SSSR count). The minimum absolute atomic E-state index is 0.0436. The number of aromatic nitrogens is 3. The zero-order chi connectivity index (χ0) is 34.3. The van der Waals surface area contributed by atoms with Gasteiger partial charge in [-0.1, -0.05) is 38.1 Å². The van der Waals surface area contributed by atoms with Gasteiger partial charge in [-0.15, -0.1) is 0 Å². The summed E-state index contributed by atoms with van der Waals surface area (Å²) in [7, 11) is 1.61. The van der Waals surface area contributed by atoms with Gasteiger partial charge in [0.1, 0.15) is 11.9 Å². The lowest BCUT2D eigenvalue weighted by molar-refractivity contribution is -0.142. The quantitative estimate of drug-likeness (QED) is 0.262. The van der Waals surface area contributed by atoms with Gasteiger partial charge in [-0.05, 0) is 62.1 Å². The Morgan fingerprint density at radius 2 is 1.92 bits per heavy atom. The van der Waals surface area contributed by atoms with Gasteiger partial charge in [-0.3, -0.25) is 19.7 Å². The maximum Gasteiger partial charge on any atom is 0.251 e. The number of piperazine rings is 1. The highest BCUT2D eigenvalue weighted by Crippen LogP contribution is 2.54. The van der Waals surface area contributed by atoms with E-state index in [1.54, 1.807) is 29.2 Å². The fraction of sp³-hybridized carbons (Fsp3) is 0.333. The molecule has 2 N–H and O–H groups in total. The first-order chi connectivity index (χ1) is 22.9. The van der Waals surface area contributed by atoms with Crippen molar-refractivity contribution < 1.29 is 19.1 Å². The summed E-state index contributed by atoms with van der Waals surface area (Å²) in [6.45, 7) is 13.8. The molecule has 12 heteroatoms. The number of likely N-dealkylation sites (N-methyl/N-ethyl adjacent to an activating group) is 1. The summed E-state index contributed by atoms with van der Waals surface area (Å²) in [6.07, 6.45) is 3.23. The Bertz CT molecular complexity index is 2070. The van der Waals surface area contributed by atoms with Gasteiger partial charge >= 0.3 is 0 Å². The second-order valence-electron chi connectivity index (χ2n) is 13.1. The Morgan fingerprint density at radius 1 is 1.17 bits per heavy atom. The lowest BCUT2D eigenvalue weighted by Gasteiger charge is -2.54. The second kappa shape index (κ2) is 11.5. The Labute approximate surface area is 283 Å². The zero-order valence-corrected chi connectivity index (χ0v) is 28.4. The van der Waals surface area contributed by atoms with Crippen LogP contribution in [0, 0.1) is 19.7 Å². The molecule has 0 radical (unpaired) electrons. The molecule has 10 nitrogen and oxygen atoms in total. The monoisotopic (exact) mass is 669 g/mol. The van der Waals surface area contributed by atoms with Crippen LogP contribution < -0.4 is 4.90 Å². The maximum absolute atomic E-state index is 16.9. The molecule has 0 aliphatic carbocycles. The van der Waals surface area contributed by atoms with Crippen molar-refractivity contribution in [1.29, 1.82) is 0 Å². The van der Waals surface area contributed by atoms with Crippen molar-refractivity contribution in [3.8, 4) is 11.1 Å². The molecule has 0 spiro atoms. The van der Waals surface area contributed by atoms with Crippen LogP contribution in [0.1, 0.15) is 49.1 Å². The van der Waals surface area contributed by atoms with Gasteiger partial charge in [-0.2, -0.15) is 5.10 Å². The molecule has 4 aromatic rings. The number of anilines is 2. The SMILES string of the molecule is C=CC(=O)N1CC2C(=O)N(C)C3=C(c4cc(F)c(-c5c(C)ccc6[nH]ncc56)c(Cl)c4N(c4c(C)ccnc4C(C)C)C3O)N2CC1C.